The van der Waals surface area contributed by atoms with E-state index in [4.69, 9.17) is 4.74 Å². The number of aromatic nitrogens is 3. The Morgan fingerprint density at radius 3 is 2.92 bits per heavy atom. The molecule has 0 radical (unpaired) electrons. The molecule has 1 fully saturated rings. The number of hydrogen-bond acceptors (Lipinski definition) is 5. The van der Waals surface area contributed by atoms with E-state index in [1.807, 2.05) is 30.3 Å². The van der Waals surface area contributed by atoms with Crippen molar-refractivity contribution in [3.8, 4) is 17.1 Å². The van der Waals surface area contributed by atoms with Gasteiger partial charge in [0.2, 0.25) is 0 Å². The Balaban J connectivity index is 1.73. The van der Waals surface area contributed by atoms with Gasteiger partial charge in [0.25, 0.3) is 0 Å². The van der Waals surface area contributed by atoms with Crippen LogP contribution in [0.4, 0.5) is 0 Å². The highest BCUT2D eigenvalue weighted by Gasteiger charge is 2.20. The van der Waals surface area contributed by atoms with E-state index < -0.39 is 0 Å². The van der Waals surface area contributed by atoms with E-state index in [9.17, 15) is 0 Å². The molecule has 3 rings (SSSR count). The number of methoxy groups -OCH3 is 1. The lowest BCUT2D eigenvalue weighted by molar-refractivity contribution is 0.182. The van der Waals surface area contributed by atoms with Crippen molar-refractivity contribution >= 4 is 11.8 Å². The van der Waals surface area contributed by atoms with Crippen LogP contribution in [-0.2, 0) is 6.54 Å². The van der Waals surface area contributed by atoms with E-state index in [0.29, 0.717) is 12.6 Å². The summed E-state index contributed by atoms with van der Waals surface area (Å²) in [6, 6.07) is 8.63. The van der Waals surface area contributed by atoms with E-state index in [1.165, 1.54) is 32.2 Å². The molecule has 1 unspecified atom stereocenters. The molecule has 1 aliphatic rings. The third-order valence-electron chi connectivity index (χ3n) is 4.98. The first-order valence-corrected chi connectivity index (χ1v) is 10.2. The minimum Gasteiger partial charge on any atom is -0.496 e. The number of likely N-dealkylation sites (tertiary alicyclic amines) is 1. The maximum Gasteiger partial charge on any atom is 0.191 e. The zero-order chi connectivity index (χ0) is 18.4. The summed E-state index contributed by atoms with van der Waals surface area (Å²) in [6.45, 7) is 5.80. The fraction of sp³-hybridized carbons (Fsp3) is 0.500. The van der Waals surface area contributed by atoms with Crippen molar-refractivity contribution in [2.75, 3.05) is 26.5 Å². The minimum absolute atomic E-state index is 0.687. The minimum atomic E-state index is 0.687. The van der Waals surface area contributed by atoms with E-state index in [2.05, 4.69) is 33.3 Å². The number of nitrogens with zero attached hydrogens (tertiary/aromatic N) is 4. The smallest absolute Gasteiger partial charge is 0.191 e. The van der Waals surface area contributed by atoms with Crippen molar-refractivity contribution in [1.82, 2.24) is 19.7 Å². The second-order valence-corrected chi connectivity index (χ2v) is 7.74. The maximum atomic E-state index is 5.50. The van der Waals surface area contributed by atoms with Gasteiger partial charge in [0.15, 0.2) is 11.0 Å². The van der Waals surface area contributed by atoms with Gasteiger partial charge in [-0.05, 0) is 45.0 Å². The average molecular weight is 373 g/mol. The normalized spacial score (nSPS) is 18.0. The van der Waals surface area contributed by atoms with Gasteiger partial charge in [-0.15, -0.1) is 16.8 Å². The largest absolute Gasteiger partial charge is 0.496 e. The molecule has 1 aromatic carbocycles. The van der Waals surface area contributed by atoms with Crippen LogP contribution in [0.25, 0.3) is 11.4 Å². The standard InChI is InChI=1S/C20H28N4OS/c1-4-13-24-19(17-10-5-6-11-18(17)25-3)21-22-20(24)26-15-12-16-9-7-8-14-23(16)2/h4-6,10-11,16H,1,7-9,12-15H2,2-3H3. The van der Waals surface area contributed by atoms with Gasteiger partial charge >= 0.3 is 0 Å². The highest BCUT2D eigenvalue weighted by molar-refractivity contribution is 7.99. The highest BCUT2D eigenvalue weighted by atomic mass is 32.2. The monoisotopic (exact) mass is 372 g/mol. The van der Waals surface area contributed by atoms with Crippen LogP contribution in [0, 0.1) is 0 Å². The fourth-order valence-electron chi connectivity index (χ4n) is 3.51. The second kappa shape index (κ2) is 9.24. The molecule has 1 aromatic heterocycles. The topological polar surface area (TPSA) is 43.2 Å². The van der Waals surface area contributed by atoms with Gasteiger partial charge in [0.1, 0.15) is 5.75 Å². The Labute approximate surface area is 160 Å². The van der Waals surface area contributed by atoms with Gasteiger partial charge in [0.05, 0.1) is 12.7 Å². The SMILES string of the molecule is C=CCn1c(SCCC2CCCCN2C)nnc1-c1ccccc1OC. The number of benzene rings is 1. The zero-order valence-electron chi connectivity index (χ0n) is 15.7. The Bertz CT molecular complexity index is 730. The van der Waals surface area contributed by atoms with Crippen molar-refractivity contribution in [2.24, 2.45) is 0 Å². The summed E-state index contributed by atoms with van der Waals surface area (Å²) in [6.07, 6.45) is 7.07. The predicted octanol–water partition coefficient (Wildman–Crippen LogP) is 4.11. The predicted molar refractivity (Wildman–Crippen MR) is 108 cm³/mol. The first-order chi connectivity index (χ1) is 12.7. The van der Waals surface area contributed by atoms with E-state index >= 15 is 0 Å². The summed E-state index contributed by atoms with van der Waals surface area (Å²) in [7, 11) is 3.93. The lowest BCUT2D eigenvalue weighted by atomic mass is 10.0. The van der Waals surface area contributed by atoms with Crippen molar-refractivity contribution < 1.29 is 4.74 Å². The molecule has 0 N–H and O–H groups in total. The van der Waals surface area contributed by atoms with Crippen molar-refractivity contribution in [2.45, 2.75) is 43.4 Å². The molecule has 26 heavy (non-hydrogen) atoms. The first-order valence-electron chi connectivity index (χ1n) is 9.25. The molecule has 0 bridgehead atoms. The molecule has 0 aliphatic carbocycles. The van der Waals surface area contributed by atoms with Crippen LogP contribution in [-0.4, -0.2) is 52.2 Å². The number of piperidine rings is 1. The van der Waals surface area contributed by atoms with Gasteiger partial charge in [0, 0.05) is 18.3 Å². The van der Waals surface area contributed by atoms with E-state index in [1.54, 1.807) is 18.9 Å². The van der Waals surface area contributed by atoms with Gasteiger partial charge in [-0.2, -0.15) is 0 Å². The van der Waals surface area contributed by atoms with E-state index in [-0.39, 0.29) is 0 Å². The Hall–Kier alpha value is -1.79. The van der Waals surface area contributed by atoms with Crippen LogP contribution in [0.5, 0.6) is 5.75 Å². The number of allylic oxidation sites excluding steroid dienone is 1. The number of ether oxygens (including phenoxy) is 1. The fourth-order valence-corrected chi connectivity index (χ4v) is 4.50. The van der Waals surface area contributed by atoms with Crippen LogP contribution >= 0.6 is 11.8 Å². The van der Waals surface area contributed by atoms with Crippen molar-refractivity contribution in [1.29, 1.82) is 0 Å². The lowest BCUT2D eigenvalue weighted by Crippen LogP contribution is -2.36. The van der Waals surface area contributed by atoms with Gasteiger partial charge in [-0.1, -0.05) is 36.4 Å². The Morgan fingerprint density at radius 2 is 2.15 bits per heavy atom. The molecule has 2 heterocycles. The van der Waals surface area contributed by atoms with Crippen molar-refractivity contribution in [3.05, 3.63) is 36.9 Å². The summed E-state index contributed by atoms with van der Waals surface area (Å²) in [5, 5.41) is 9.84. The summed E-state index contributed by atoms with van der Waals surface area (Å²) < 4.78 is 7.62. The molecule has 0 spiro atoms. The molecular formula is C20H28N4OS. The molecule has 0 amide bonds. The summed E-state index contributed by atoms with van der Waals surface area (Å²) >= 11 is 1.79. The van der Waals surface area contributed by atoms with Crippen LogP contribution in [0.15, 0.2) is 42.1 Å². The molecule has 1 aliphatic heterocycles. The van der Waals surface area contributed by atoms with Gasteiger partial charge in [-0.3, -0.25) is 4.57 Å². The summed E-state index contributed by atoms with van der Waals surface area (Å²) in [5.74, 6) is 2.70. The third kappa shape index (κ3) is 4.30. The molecule has 5 nitrogen and oxygen atoms in total. The van der Waals surface area contributed by atoms with Gasteiger partial charge in [-0.25, -0.2) is 0 Å². The van der Waals surface area contributed by atoms with E-state index in [0.717, 1.165) is 28.0 Å². The molecule has 1 atom stereocenters. The van der Waals surface area contributed by atoms with Crippen LogP contribution in [0.2, 0.25) is 0 Å². The molecule has 6 heteroatoms. The van der Waals surface area contributed by atoms with Crippen LogP contribution in [0.3, 0.4) is 0 Å². The highest BCUT2D eigenvalue weighted by Crippen LogP contribution is 2.31. The van der Waals surface area contributed by atoms with Crippen LogP contribution < -0.4 is 4.74 Å². The third-order valence-corrected chi connectivity index (χ3v) is 5.98. The molecule has 2 aromatic rings. The molecule has 1 saturated heterocycles. The Kier molecular flexibility index (Phi) is 6.74. The Morgan fingerprint density at radius 1 is 1.31 bits per heavy atom. The quantitative estimate of drug-likeness (QED) is 0.515. The summed E-state index contributed by atoms with van der Waals surface area (Å²) in [4.78, 5) is 2.50. The zero-order valence-corrected chi connectivity index (χ0v) is 16.5. The molecular weight excluding hydrogens is 344 g/mol. The number of hydrogen-bond donors (Lipinski definition) is 0. The van der Waals surface area contributed by atoms with Crippen LogP contribution in [0.1, 0.15) is 25.7 Å². The maximum absolute atomic E-state index is 5.50. The molecule has 0 saturated carbocycles. The number of para-hydroxylation sites is 1. The number of rotatable bonds is 8. The number of thioether (sulfide) groups is 1. The summed E-state index contributed by atoms with van der Waals surface area (Å²) in [5.41, 5.74) is 0.961. The van der Waals surface area contributed by atoms with Gasteiger partial charge < -0.3 is 9.64 Å². The second-order valence-electron chi connectivity index (χ2n) is 6.67. The lowest BCUT2D eigenvalue weighted by Gasteiger charge is -2.32. The molecule has 140 valence electrons. The average Bonchev–Trinajstić information content (AvgIpc) is 3.06. The first kappa shape index (κ1) is 19.0. The van der Waals surface area contributed by atoms with Crippen molar-refractivity contribution in [3.63, 3.8) is 0 Å².